The minimum Gasteiger partial charge on any atom is -0.289 e. The summed E-state index contributed by atoms with van der Waals surface area (Å²) < 4.78 is 0. The van der Waals surface area contributed by atoms with Gasteiger partial charge in [-0.2, -0.15) is 0 Å². The zero-order valence-corrected chi connectivity index (χ0v) is 9.58. The summed E-state index contributed by atoms with van der Waals surface area (Å²) >= 11 is 0. The average Bonchev–Trinajstić information content (AvgIpc) is 2.53. The van der Waals surface area contributed by atoms with Gasteiger partial charge in [0.25, 0.3) is 0 Å². The molecular weight excluding hydrogens is 196 g/mol. The number of benzene rings is 1. The molecule has 0 N–H and O–H groups in total. The highest BCUT2D eigenvalue weighted by atomic mass is 16.1. The molecular formula is C15H14O. The van der Waals surface area contributed by atoms with Gasteiger partial charge in [-0.15, -0.1) is 0 Å². The molecule has 1 aliphatic carbocycles. The predicted molar refractivity (Wildman–Crippen MR) is 67.4 cm³/mol. The van der Waals surface area contributed by atoms with Gasteiger partial charge < -0.3 is 0 Å². The molecule has 0 radical (unpaired) electrons. The summed E-state index contributed by atoms with van der Waals surface area (Å²) in [4.78, 5) is 12.1. The van der Waals surface area contributed by atoms with Crippen molar-refractivity contribution >= 4 is 11.4 Å². The number of Topliss-reactive ketones (excluding diaryl/α,β-unsaturated/α-hetero) is 1. The van der Waals surface area contributed by atoms with Crippen LogP contribution < -0.4 is 0 Å². The van der Waals surface area contributed by atoms with Crippen molar-refractivity contribution in [1.82, 2.24) is 0 Å². The summed E-state index contributed by atoms with van der Waals surface area (Å²) in [6, 6.07) is 5.99. The molecule has 16 heavy (non-hydrogen) atoms. The Balaban J connectivity index is 2.73. The molecule has 0 atom stereocenters. The molecule has 0 aliphatic heterocycles. The highest BCUT2D eigenvalue weighted by molar-refractivity contribution is 6.26. The minimum absolute atomic E-state index is 0.120. The highest BCUT2D eigenvalue weighted by Crippen LogP contribution is 2.36. The summed E-state index contributed by atoms with van der Waals surface area (Å²) in [5.41, 5.74) is 4.70. The Hall–Kier alpha value is -1.89. The molecule has 0 saturated heterocycles. The lowest BCUT2D eigenvalue weighted by molar-refractivity contribution is 0.104. The summed E-state index contributed by atoms with van der Waals surface area (Å²) in [6.07, 6.45) is 5.49. The Morgan fingerprint density at radius 1 is 1.19 bits per heavy atom. The second-order valence-corrected chi connectivity index (χ2v) is 3.90. The number of carbonyl (C=O) groups is 1. The molecule has 0 heterocycles. The summed E-state index contributed by atoms with van der Waals surface area (Å²) in [5.74, 6) is 0.120. The number of hydrogen-bond donors (Lipinski definition) is 0. The van der Waals surface area contributed by atoms with E-state index in [9.17, 15) is 4.79 Å². The number of fused-ring (bicyclic) bond motifs is 1. The Labute approximate surface area is 95.8 Å². The van der Waals surface area contributed by atoms with Crippen LogP contribution in [0.4, 0.5) is 0 Å². The van der Waals surface area contributed by atoms with Crippen molar-refractivity contribution in [3.63, 3.8) is 0 Å². The first-order valence-corrected chi connectivity index (χ1v) is 5.34. The van der Waals surface area contributed by atoms with E-state index in [4.69, 9.17) is 0 Å². The van der Waals surface area contributed by atoms with Gasteiger partial charge in [0.05, 0.1) is 0 Å². The fourth-order valence-corrected chi connectivity index (χ4v) is 2.08. The molecule has 0 spiro atoms. The Kier molecular flexibility index (Phi) is 2.61. The molecule has 0 fully saturated rings. The van der Waals surface area contributed by atoms with Gasteiger partial charge in [0.15, 0.2) is 5.78 Å². The Morgan fingerprint density at radius 2 is 1.94 bits per heavy atom. The van der Waals surface area contributed by atoms with Gasteiger partial charge in [0, 0.05) is 11.1 Å². The minimum atomic E-state index is 0.120. The topological polar surface area (TPSA) is 17.1 Å². The first-order valence-electron chi connectivity index (χ1n) is 5.34. The second kappa shape index (κ2) is 3.93. The van der Waals surface area contributed by atoms with Crippen molar-refractivity contribution in [1.29, 1.82) is 0 Å². The monoisotopic (exact) mass is 210 g/mol. The molecule has 0 saturated carbocycles. The molecule has 80 valence electrons. The standard InChI is InChI=1S/C15H14O/c1-4-6-12-11(5-2)15(16)14-9-10(3)7-8-13(12)14/h4-9H,1H2,2-3H3/b11-5+,12-6+. The van der Waals surface area contributed by atoms with E-state index >= 15 is 0 Å². The maximum atomic E-state index is 12.1. The molecule has 1 aliphatic rings. The van der Waals surface area contributed by atoms with Crippen LogP contribution in [0, 0.1) is 6.92 Å². The van der Waals surface area contributed by atoms with Crippen LogP contribution in [0.2, 0.25) is 0 Å². The van der Waals surface area contributed by atoms with Crippen molar-refractivity contribution in [3.8, 4) is 0 Å². The number of carbonyl (C=O) groups excluding carboxylic acids is 1. The van der Waals surface area contributed by atoms with Crippen molar-refractivity contribution in [3.05, 3.63) is 65.3 Å². The Bertz CT molecular complexity index is 530. The van der Waals surface area contributed by atoms with Crippen LogP contribution in [0.1, 0.15) is 28.4 Å². The third kappa shape index (κ3) is 1.45. The van der Waals surface area contributed by atoms with Gasteiger partial charge in [-0.3, -0.25) is 4.79 Å². The van der Waals surface area contributed by atoms with Crippen LogP contribution in [0.15, 0.2) is 48.6 Å². The molecule has 1 heteroatoms. The number of allylic oxidation sites excluding steroid dienone is 5. The lowest BCUT2D eigenvalue weighted by Gasteiger charge is -1.99. The van der Waals surface area contributed by atoms with Gasteiger partial charge >= 0.3 is 0 Å². The lowest BCUT2D eigenvalue weighted by Crippen LogP contribution is -1.94. The largest absolute Gasteiger partial charge is 0.289 e. The van der Waals surface area contributed by atoms with E-state index in [1.54, 1.807) is 6.08 Å². The van der Waals surface area contributed by atoms with Crippen LogP contribution in [-0.4, -0.2) is 5.78 Å². The summed E-state index contributed by atoms with van der Waals surface area (Å²) in [7, 11) is 0. The number of rotatable bonds is 1. The number of hydrogen-bond acceptors (Lipinski definition) is 1. The van der Waals surface area contributed by atoms with E-state index in [2.05, 4.69) is 6.58 Å². The number of ketones is 1. The SMILES string of the molecule is C=C/C=C1\C(=C/C)C(=O)c2cc(C)ccc21. The normalized spacial score (nSPS) is 19.2. The van der Waals surface area contributed by atoms with Crippen molar-refractivity contribution in [2.45, 2.75) is 13.8 Å². The van der Waals surface area contributed by atoms with Crippen LogP contribution in [0.25, 0.3) is 5.57 Å². The molecule has 1 aromatic carbocycles. The summed E-state index contributed by atoms with van der Waals surface area (Å²) in [5, 5.41) is 0. The van der Waals surface area contributed by atoms with Crippen LogP contribution in [0.3, 0.4) is 0 Å². The third-order valence-electron chi connectivity index (χ3n) is 2.82. The van der Waals surface area contributed by atoms with Gasteiger partial charge in [-0.1, -0.05) is 42.5 Å². The summed E-state index contributed by atoms with van der Waals surface area (Å²) in [6.45, 7) is 7.58. The predicted octanol–water partition coefficient (Wildman–Crippen LogP) is 3.71. The highest BCUT2D eigenvalue weighted by Gasteiger charge is 2.28. The quantitative estimate of drug-likeness (QED) is 0.646. The third-order valence-corrected chi connectivity index (χ3v) is 2.82. The zero-order chi connectivity index (χ0) is 11.7. The van der Waals surface area contributed by atoms with Gasteiger partial charge in [-0.25, -0.2) is 0 Å². The first-order chi connectivity index (χ1) is 7.69. The average molecular weight is 210 g/mol. The maximum absolute atomic E-state index is 12.1. The van der Waals surface area contributed by atoms with Crippen LogP contribution in [0.5, 0.6) is 0 Å². The molecule has 1 nitrogen and oxygen atoms in total. The van der Waals surface area contributed by atoms with E-state index in [0.717, 1.165) is 27.8 Å². The molecule has 0 bridgehead atoms. The lowest BCUT2D eigenvalue weighted by atomic mass is 10.0. The van der Waals surface area contributed by atoms with Crippen LogP contribution >= 0.6 is 0 Å². The first kappa shape index (κ1) is 10.6. The molecule has 0 unspecified atom stereocenters. The van der Waals surface area contributed by atoms with Crippen LogP contribution in [-0.2, 0) is 0 Å². The maximum Gasteiger partial charge on any atom is 0.193 e. The van der Waals surface area contributed by atoms with Gasteiger partial charge in [-0.05, 0) is 31.1 Å². The van der Waals surface area contributed by atoms with E-state index in [0.29, 0.717) is 0 Å². The van der Waals surface area contributed by atoms with Crippen molar-refractivity contribution in [2.75, 3.05) is 0 Å². The van der Waals surface area contributed by atoms with Crippen molar-refractivity contribution in [2.24, 2.45) is 0 Å². The second-order valence-electron chi connectivity index (χ2n) is 3.90. The fourth-order valence-electron chi connectivity index (χ4n) is 2.08. The van der Waals surface area contributed by atoms with E-state index in [1.807, 2.05) is 44.2 Å². The van der Waals surface area contributed by atoms with Crippen molar-refractivity contribution < 1.29 is 4.79 Å². The molecule has 0 amide bonds. The zero-order valence-electron chi connectivity index (χ0n) is 9.58. The number of aryl methyl sites for hydroxylation is 1. The van der Waals surface area contributed by atoms with E-state index < -0.39 is 0 Å². The molecule has 2 rings (SSSR count). The smallest absolute Gasteiger partial charge is 0.193 e. The van der Waals surface area contributed by atoms with E-state index in [-0.39, 0.29) is 5.78 Å². The Morgan fingerprint density at radius 3 is 2.56 bits per heavy atom. The fraction of sp³-hybridized carbons (Fsp3) is 0.133. The van der Waals surface area contributed by atoms with Gasteiger partial charge in [0.2, 0.25) is 0 Å². The molecule has 1 aromatic rings. The van der Waals surface area contributed by atoms with Gasteiger partial charge in [0.1, 0.15) is 0 Å². The van der Waals surface area contributed by atoms with E-state index in [1.165, 1.54) is 0 Å². The molecule has 0 aromatic heterocycles.